The number of nitrogens with zero attached hydrogens (tertiary/aromatic N) is 4. The van der Waals surface area contributed by atoms with Gasteiger partial charge in [-0.2, -0.15) is 0 Å². The van der Waals surface area contributed by atoms with Crippen LogP contribution in [0.15, 0.2) is 42.5 Å². The van der Waals surface area contributed by atoms with Crippen molar-refractivity contribution in [2.45, 2.75) is 0 Å². The van der Waals surface area contributed by atoms with Gasteiger partial charge in [-0.1, -0.05) is 22.7 Å². The largest absolute Gasteiger partial charge is 0.352 e. The molecule has 29 heavy (non-hydrogen) atoms. The summed E-state index contributed by atoms with van der Waals surface area (Å²) >= 11 is 2.40. The van der Waals surface area contributed by atoms with Crippen molar-refractivity contribution < 1.29 is 14.1 Å². The second-order valence-corrected chi connectivity index (χ2v) is 7.76. The van der Waals surface area contributed by atoms with Gasteiger partial charge in [-0.05, 0) is 30.3 Å². The Balaban J connectivity index is 1.36. The molecule has 0 aliphatic carbocycles. The highest BCUT2D eigenvalue weighted by Gasteiger charge is 2.12. The third-order valence-corrected chi connectivity index (χ3v) is 5.61. The van der Waals surface area contributed by atoms with Gasteiger partial charge in [0.05, 0.1) is 21.7 Å². The molecule has 0 saturated carbocycles. The standard InChI is InChI=1S/C17H11FN6O3S2/c18-10-3-6-12-13(7-10)28-16(20-12)19-8-14(25)21-17-23-22-15(29-17)9-1-4-11(5-2-9)24(26)27/h1-7H,8H2,(H,19,20)(H,21,23,25). The maximum absolute atomic E-state index is 13.2. The van der Waals surface area contributed by atoms with Crippen molar-refractivity contribution in [3.05, 3.63) is 58.4 Å². The van der Waals surface area contributed by atoms with E-state index in [9.17, 15) is 19.3 Å². The van der Waals surface area contributed by atoms with E-state index in [0.29, 0.717) is 31.1 Å². The fourth-order valence-electron chi connectivity index (χ4n) is 2.41. The summed E-state index contributed by atoms with van der Waals surface area (Å²) in [5, 5.41) is 25.5. The summed E-state index contributed by atoms with van der Waals surface area (Å²) in [6, 6.07) is 10.2. The van der Waals surface area contributed by atoms with Crippen molar-refractivity contribution in [2.24, 2.45) is 0 Å². The summed E-state index contributed by atoms with van der Waals surface area (Å²) in [5.74, 6) is -0.688. The number of benzene rings is 2. The van der Waals surface area contributed by atoms with Crippen LogP contribution < -0.4 is 10.6 Å². The molecule has 0 saturated heterocycles. The monoisotopic (exact) mass is 430 g/mol. The molecule has 2 N–H and O–H groups in total. The first-order valence-electron chi connectivity index (χ1n) is 8.16. The Morgan fingerprint density at radius 2 is 1.90 bits per heavy atom. The normalized spacial score (nSPS) is 10.8. The molecule has 0 bridgehead atoms. The molecule has 2 aromatic carbocycles. The summed E-state index contributed by atoms with van der Waals surface area (Å²) in [4.78, 5) is 26.6. The van der Waals surface area contributed by atoms with E-state index in [4.69, 9.17) is 0 Å². The molecule has 0 radical (unpaired) electrons. The van der Waals surface area contributed by atoms with E-state index in [1.54, 1.807) is 18.2 Å². The lowest BCUT2D eigenvalue weighted by Crippen LogP contribution is -2.21. The molecule has 146 valence electrons. The molecule has 0 aliphatic rings. The van der Waals surface area contributed by atoms with Crippen molar-refractivity contribution in [3.63, 3.8) is 0 Å². The third-order valence-electron chi connectivity index (χ3n) is 3.75. The van der Waals surface area contributed by atoms with Gasteiger partial charge in [0.2, 0.25) is 11.0 Å². The van der Waals surface area contributed by atoms with E-state index >= 15 is 0 Å². The fraction of sp³-hybridized carbons (Fsp3) is 0.0588. The lowest BCUT2D eigenvalue weighted by atomic mass is 10.2. The number of carbonyl (C=O) groups excluding carboxylic acids is 1. The number of nitrogens with one attached hydrogen (secondary N) is 2. The predicted molar refractivity (Wildman–Crippen MR) is 109 cm³/mol. The van der Waals surface area contributed by atoms with Crippen molar-refractivity contribution in [2.75, 3.05) is 17.2 Å². The second-order valence-electron chi connectivity index (χ2n) is 5.75. The first-order valence-corrected chi connectivity index (χ1v) is 9.79. The Hall–Kier alpha value is -3.51. The second kappa shape index (κ2) is 7.85. The molecule has 1 amide bonds. The number of fused-ring (bicyclic) bond motifs is 1. The van der Waals surface area contributed by atoms with Crippen molar-refractivity contribution in [1.29, 1.82) is 0 Å². The molecule has 12 heteroatoms. The average molecular weight is 430 g/mol. The van der Waals surface area contributed by atoms with E-state index in [1.165, 1.54) is 35.6 Å². The highest BCUT2D eigenvalue weighted by atomic mass is 32.1. The Bertz CT molecular complexity index is 1210. The van der Waals surface area contributed by atoms with Crippen LogP contribution in [0.3, 0.4) is 0 Å². The minimum Gasteiger partial charge on any atom is -0.352 e. The third kappa shape index (κ3) is 4.33. The molecule has 4 rings (SSSR count). The summed E-state index contributed by atoms with van der Waals surface area (Å²) in [6.45, 7) is -0.0469. The SMILES string of the molecule is O=C(CNc1nc2ccc(F)cc2s1)Nc1nnc(-c2ccc([N+](=O)[O-])cc2)s1. The quantitative estimate of drug-likeness (QED) is 0.351. The van der Waals surface area contributed by atoms with Gasteiger partial charge in [0, 0.05) is 17.7 Å². The van der Waals surface area contributed by atoms with Gasteiger partial charge in [0.25, 0.3) is 5.69 Å². The maximum Gasteiger partial charge on any atom is 0.269 e. The predicted octanol–water partition coefficient (Wildman–Crippen LogP) is 3.91. The topological polar surface area (TPSA) is 123 Å². The van der Waals surface area contributed by atoms with Gasteiger partial charge >= 0.3 is 0 Å². The molecule has 0 unspecified atom stereocenters. The van der Waals surface area contributed by atoms with Crippen molar-refractivity contribution in [1.82, 2.24) is 15.2 Å². The van der Waals surface area contributed by atoms with Crippen molar-refractivity contribution in [3.8, 4) is 10.6 Å². The van der Waals surface area contributed by atoms with Gasteiger partial charge in [-0.3, -0.25) is 20.2 Å². The van der Waals surface area contributed by atoms with E-state index in [0.717, 1.165) is 11.3 Å². The molecule has 0 atom stereocenters. The van der Waals surface area contributed by atoms with E-state index < -0.39 is 4.92 Å². The minimum absolute atomic E-state index is 0.0181. The number of thiazole rings is 1. The maximum atomic E-state index is 13.2. The van der Waals surface area contributed by atoms with Crippen LogP contribution in [0, 0.1) is 15.9 Å². The van der Waals surface area contributed by atoms with Gasteiger partial charge in [0.15, 0.2) is 5.13 Å². The molecule has 2 heterocycles. The smallest absolute Gasteiger partial charge is 0.269 e. The number of non-ortho nitro benzene ring substituents is 1. The molecular weight excluding hydrogens is 419 g/mol. The number of aromatic nitrogens is 3. The lowest BCUT2D eigenvalue weighted by molar-refractivity contribution is -0.384. The van der Waals surface area contributed by atoms with Gasteiger partial charge in [-0.25, -0.2) is 9.37 Å². The van der Waals surface area contributed by atoms with Crippen LogP contribution in [0.5, 0.6) is 0 Å². The lowest BCUT2D eigenvalue weighted by Gasteiger charge is -2.01. The number of rotatable bonds is 6. The minimum atomic E-state index is -0.482. The van der Waals surface area contributed by atoms with Crippen LogP contribution in [0.4, 0.5) is 20.3 Å². The Labute approximate surface area is 170 Å². The van der Waals surface area contributed by atoms with E-state index in [-0.39, 0.29) is 24.0 Å². The molecule has 9 nitrogen and oxygen atoms in total. The summed E-state index contributed by atoms with van der Waals surface area (Å²) < 4.78 is 13.9. The van der Waals surface area contributed by atoms with Crippen LogP contribution in [-0.4, -0.2) is 32.6 Å². The number of carbonyl (C=O) groups is 1. The number of amides is 1. The molecule has 2 aromatic heterocycles. The summed E-state index contributed by atoms with van der Waals surface area (Å²) in [6.07, 6.45) is 0. The van der Waals surface area contributed by atoms with E-state index in [1.807, 2.05) is 0 Å². The number of halogens is 1. The number of hydrogen-bond acceptors (Lipinski definition) is 9. The first kappa shape index (κ1) is 18.8. The summed E-state index contributed by atoms with van der Waals surface area (Å²) in [5.41, 5.74) is 1.29. The van der Waals surface area contributed by atoms with Gasteiger partial charge in [0.1, 0.15) is 10.8 Å². The van der Waals surface area contributed by atoms with E-state index in [2.05, 4.69) is 25.8 Å². The van der Waals surface area contributed by atoms with Crippen LogP contribution in [0.25, 0.3) is 20.8 Å². The van der Waals surface area contributed by atoms with Gasteiger partial charge in [-0.15, -0.1) is 10.2 Å². The fourth-order valence-corrected chi connectivity index (χ4v) is 4.06. The molecule has 4 aromatic rings. The van der Waals surface area contributed by atoms with Crippen LogP contribution in [0.2, 0.25) is 0 Å². The van der Waals surface area contributed by atoms with Crippen LogP contribution in [-0.2, 0) is 4.79 Å². The Morgan fingerprint density at radius 3 is 2.66 bits per heavy atom. The molecule has 0 fully saturated rings. The van der Waals surface area contributed by atoms with Crippen molar-refractivity contribution >= 4 is 54.7 Å². The number of anilines is 2. The number of nitro benzene ring substituents is 1. The highest BCUT2D eigenvalue weighted by Crippen LogP contribution is 2.28. The van der Waals surface area contributed by atoms with Crippen LogP contribution >= 0.6 is 22.7 Å². The average Bonchev–Trinajstić information content (AvgIpc) is 3.32. The van der Waals surface area contributed by atoms with Gasteiger partial charge < -0.3 is 5.32 Å². The first-order chi connectivity index (χ1) is 14.0. The molecule has 0 spiro atoms. The molecular formula is C17H11FN6O3S2. The Kier molecular flexibility index (Phi) is 5.10. The highest BCUT2D eigenvalue weighted by molar-refractivity contribution is 7.22. The summed E-state index contributed by atoms with van der Waals surface area (Å²) in [7, 11) is 0. The zero-order valence-corrected chi connectivity index (χ0v) is 16.1. The van der Waals surface area contributed by atoms with Crippen LogP contribution in [0.1, 0.15) is 0 Å². The zero-order valence-electron chi connectivity index (χ0n) is 14.5. The number of nitro groups is 1. The number of hydrogen-bond donors (Lipinski definition) is 2. The zero-order chi connectivity index (χ0) is 20.4. The Morgan fingerprint density at radius 1 is 1.10 bits per heavy atom. The molecule has 0 aliphatic heterocycles.